The number of nitrogens with zero attached hydrogens (tertiary/aromatic N) is 2. The molecule has 0 radical (unpaired) electrons. The van der Waals surface area contributed by atoms with E-state index in [1.165, 1.54) is 23.9 Å². The van der Waals surface area contributed by atoms with Gasteiger partial charge in [0, 0.05) is 13.6 Å². The summed E-state index contributed by atoms with van der Waals surface area (Å²) in [6.07, 6.45) is 5.47. The first-order valence-electron chi connectivity index (χ1n) is 6.05. The van der Waals surface area contributed by atoms with Crippen molar-refractivity contribution in [3.8, 4) is 0 Å². The van der Waals surface area contributed by atoms with Gasteiger partial charge in [0.15, 0.2) is 0 Å². The van der Waals surface area contributed by atoms with E-state index in [2.05, 4.69) is 17.3 Å². The van der Waals surface area contributed by atoms with E-state index in [1.54, 1.807) is 13.2 Å². The molecule has 1 aliphatic rings. The van der Waals surface area contributed by atoms with Crippen molar-refractivity contribution in [1.82, 2.24) is 9.78 Å². The zero-order valence-electron chi connectivity index (χ0n) is 10.2. The maximum absolute atomic E-state index is 11.6. The standard InChI is InChI=1S/C12H18ClN3O/c1-8-4-3-5-9(8)6-14-10-7-15-16(2)12(17)11(10)13/h7-9,14H,3-6H2,1-2H3. The maximum Gasteiger partial charge on any atom is 0.287 e. The Bertz CT molecular complexity index is 458. The average Bonchev–Trinajstić information content (AvgIpc) is 2.71. The molecule has 2 rings (SSSR count). The molecule has 1 saturated carbocycles. The van der Waals surface area contributed by atoms with Crippen LogP contribution in [0.15, 0.2) is 11.0 Å². The molecular weight excluding hydrogens is 238 g/mol. The minimum Gasteiger partial charge on any atom is -0.382 e. The van der Waals surface area contributed by atoms with Gasteiger partial charge in [-0.3, -0.25) is 4.79 Å². The second-order valence-electron chi connectivity index (χ2n) is 4.85. The average molecular weight is 256 g/mol. The summed E-state index contributed by atoms with van der Waals surface area (Å²) in [6.45, 7) is 3.15. The minimum atomic E-state index is -0.254. The Kier molecular flexibility index (Phi) is 3.72. The number of nitrogens with one attached hydrogen (secondary N) is 1. The fourth-order valence-corrected chi connectivity index (χ4v) is 2.64. The molecule has 17 heavy (non-hydrogen) atoms. The first-order chi connectivity index (χ1) is 8.09. The predicted octanol–water partition coefficient (Wildman–Crippen LogP) is 2.28. The van der Waals surface area contributed by atoms with Crippen molar-refractivity contribution >= 4 is 17.3 Å². The minimum absolute atomic E-state index is 0.230. The lowest BCUT2D eigenvalue weighted by Crippen LogP contribution is -2.23. The van der Waals surface area contributed by atoms with E-state index in [0.717, 1.165) is 12.5 Å². The van der Waals surface area contributed by atoms with Crippen molar-refractivity contribution in [3.63, 3.8) is 0 Å². The molecule has 94 valence electrons. The molecule has 0 spiro atoms. The molecule has 4 nitrogen and oxygen atoms in total. The van der Waals surface area contributed by atoms with Crippen LogP contribution in [0.4, 0.5) is 5.69 Å². The van der Waals surface area contributed by atoms with Gasteiger partial charge >= 0.3 is 0 Å². The molecule has 1 N–H and O–H groups in total. The summed E-state index contributed by atoms with van der Waals surface area (Å²) in [6, 6.07) is 0. The quantitative estimate of drug-likeness (QED) is 0.902. The lowest BCUT2D eigenvalue weighted by Gasteiger charge is -2.17. The molecule has 0 amide bonds. The molecule has 1 heterocycles. The molecule has 0 aromatic carbocycles. The second-order valence-corrected chi connectivity index (χ2v) is 5.23. The van der Waals surface area contributed by atoms with E-state index >= 15 is 0 Å². The van der Waals surface area contributed by atoms with Gasteiger partial charge in [-0.05, 0) is 18.3 Å². The highest BCUT2D eigenvalue weighted by Gasteiger charge is 2.23. The fraction of sp³-hybridized carbons (Fsp3) is 0.667. The normalized spacial score (nSPS) is 23.9. The molecular formula is C12H18ClN3O. The molecule has 2 atom stereocenters. The molecule has 2 unspecified atom stereocenters. The molecule has 0 saturated heterocycles. The summed E-state index contributed by atoms with van der Waals surface area (Å²) in [4.78, 5) is 11.6. The van der Waals surface area contributed by atoms with Gasteiger partial charge in [-0.2, -0.15) is 5.10 Å². The summed E-state index contributed by atoms with van der Waals surface area (Å²) >= 11 is 5.98. The topological polar surface area (TPSA) is 46.9 Å². The van der Waals surface area contributed by atoms with Crippen molar-refractivity contribution in [3.05, 3.63) is 21.6 Å². The third-order valence-electron chi connectivity index (χ3n) is 3.67. The summed E-state index contributed by atoms with van der Waals surface area (Å²) < 4.78 is 1.24. The van der Waals surface area contributed by atoms with Gasteiger partial charge in [0.05, 0.1) is 11.9 Å². The van der Waals surface area contributed by atoms with Crippen LogP contribution in [-0.2, 0) is 7.05 Å². The summed E-state index contributed by atoms with van der Waals surface area (Å²) in [7, 11) is 1.59. The van der Waals surface area contributed by atoms with Crippen molar-refractivity contribution in [1.29, 1.82) is 0 Å². The number of anilines is 1. The lowest BCUT2D eigenvalue weighted by molar-refractivity contribution is 0.439. The number of rotatable bonds is 3. The maximum atomic E-state index is 11.6. The highest BCUT2D eigenvalue weighted by molar-refractivity contribution is 6.32. The van der Waals surface area contributed by atoms with Gasteiger partial charge in [-0.1, -0.05) is 31.4 Å². The zero-order chi connectivity index (χ0) is 12.4. The smallest absolute Gasteiger partial charge is 0.287 e. The van der Waals surface area contributed by atoms with E-state index in [1.807, 2.05) is 0 Å². The Balaban J connectivity index is 2.04. The van der Waals surface area contributed by atoms with Crippen molar-refractivity contribution in [2.45, 2.75) is 26.2 Å². The van der Waals surface area contributed by atoms with Gasteiger partial charge in [-0.25, -0.2) is 4.68 Å². The van der Waals surface area contributed by atoms with Crippen molar-refractivity contribution in [2.24, 2.45) is 18.9 Å². The van der Waals surface area contributed by atoms with E-state index in [4.69, 9.17) is 11.6 Å². The van der Waals surface area contributed by atoms with Gasteiger partial charge in [-0.15, -0.1) is 0 Å². The Morgan fingerprint density at radius 2 is 2.35 bits per heavy atom. The Morgan fingerprint density at radius 3 is 3.00 bits per heavy atom. The molecule has 0 aliphatic heterocycles. The highest BCUT2D eigenvalue weighted by Crippen LogP contribution is 2.31. The van der Waals surface area contributed by atoms with E-state index in [-0.39, 0.29) is 10.6 Å². The predicted molar refractivity (Wildman–Crippen MR) is 69.5 cm³/mol. The first-order valence-corrected chi connectivity index (χ1v) is 6.43. The second kappa shape index (κ2) is 5.08. The number of aryl methyl sites for hydroxylation is 1. The Hall–Kier alpha value is -1.03. The fourth-order valence-electron chi connectivity index (χ4n) is 2.40. The molecule has 1 aromatic rings. The monoisotopic (exact) mass is 255 g/mol. The van der Waals surface area contributed by atoms with Crippen LogP contribution in [-0.4, -0.2) is 16.3 Å². The summed E-state index contributed by atoms with van der Waals surface area (Å²) in [5.74, 6) is 1.43. The van der Waals surface area contributed by atoms with Crippen LogP contribution in [0.3, 0.4) is 0 Å². The van der Waals surface area contributed by atoms with E-state index < -0.39 is 0 Å². The number of hydrogen-bond donors (Lipinski definition) is 1. The number of aromatic nitrogens is 2. The van der Waals surface area contributed by atoms with Crippen LogP contribution in [0, 0.1) is 11.8 Å². The number of hydrogen-bond acceptors (Lipinski definition) is 3. The van der Waals surface area contributed by atoms with Gasteiger partial charge in [0.2, 0.25) is 0 Å². The van der Waals surface area contributed by atoms with Crippen molar-refractivity contribution in [2.75, 3.05) is 11.9 Å². The largest absolute Gasteiger partial charge is 0.382 e. The molecule has 0 bridgehead atoms. The van der Waals surface area contributed by atoms with Crippen LogP contribution in [0.1, 0.15) is 26.2 Å². The van der Waals surface area contributed by atoms with Gasteiger partial charge in [0.1, 0.15) is 5.02 Å². The van der Waals surface area contributed by atoms with Gasteiger partial charge < -0.3 is 5.32 Å². The van der Waals surface area contributed by atoms with Crippen LogP contribution in [0.25, 0.3) is 0 Å². The molecule has 5 heteroatoms. The number of halogens is 1. The van der Waals surface area contributed by atoms with Gasteiger partial charge in [0.25, 0.3) is 5.56 Å². The summed E-state index contributed by atoms with van der Waals surface area (Å²) in [5.41, 5.74) is 0.394. The Morgan fingerprint density at radius 1 is 1.59 bits per heavy atom. The molecule has 1 aromatic heterocycles. The van der Waals surface area contributed by atoms with Crippen LogP contribution in [0.5, 0.6) is 0 Å². The summed E-state index contributed by atoms with van der Waals surface area (Å²) in [5, 5.41) is 7.44. The van der Waals surface area contributed by atoms with Crippen LogP contribution < -0.4 is 10.9 Å². The zero-order valence-corrected chi connectivity index (χ0v) is 11.0. The van der Waals surface area contributed by atoms with Crippen LogP contribution in [0.2, 0.25) is 5.02 Å². The molecule has 1 fully saturated rings. The third-order valence-corrected chi connectivity index (χ3v) is 4.04. The SMILES string of the molecule is CC1CCCC1CNc1cnn(C)c(=O)c1Cl. The van der Waals surface area contributed by atoms with E-state index in [9.17, 15) is 4.79 Å². The lowest BCUT2D eigenvalue weighted by atomic mass is 9.98. The van der Waals surface area contributed by atoms with E-state index in [0.29, 0.717) is 11.6 Å². The Labute approximate surface area is 106 Å². The van der Waals surface area contributed by atoms with Crippen LogP contribution >= 0.6 is 11.6 Å². The highest BCUT2D eigenvalue weighted by atomic mass is 35.5. The van der Waals surface area contributed by atoms with Crippen molar-refractivity contribution < 1.29 is 0 Å². The molecule has 1 aliphatic carbocycles. The third kappa shape index (κ3) is 2.63. The first kappa shape index (κ1) is 12.4.